The molecule has 1 saturated heterocycles. The number of carbonyl (C=O) groups is 1. The lowest BCUT2D eigenvalue weighted by atomic mass is 10.2. The summed E-state index contributed by atoms with van der Waals surface area (Å²) in [5.41, 5.74) is 2.73. The average Bonchev–Trinajstić information content (AvgIpc) is 3.47. The fourth-order valence-electron chi connectivity index (χ4n) is 4.30. The highest BCUT2D eigenvalue weighted by Gasteiger charge is 2.32. The minimum Gasteiger partial charge on any atom is -0.336 e. The first-order valence-electron chi connectivity index (χ1n) is 10.3. The number of nitrogens with zero attached hydrogens (tertiary/aromatic N) is 6. The van der Waals surface area contributed by atoms with Gasteiger partial charge in [0.05, 0.1) is 17.6 Å². The Balaban J connectivity index is 1.33. The van der Waals surface area contributed by atoms with Crippen molar-refractivity contribution in [3.05, 3.63) is 55.0 Å². The molecule has 1 saturated carbocycles. The van der Waals surface area contributed by atoms with E-state index < -0.39 is 0 Å². The third-order valence-electron chi connectivity index (χ3n) is 5.85. The van der Waals surface area contributed by atoms with Gasteiger partial charge in [0.25, 0.3) is 0 Å². The van der Waals surface area contributed by atoms with Crippen LogP contribution in [0.1, 0.15) is 25.7 Å². The maximum Gasteiger partial charge on any atom is 0.242 e. The van der Waals surface area contributed by atoms with Gasteiger partial charge in [0, 0.05) is 37.1 Å². The van der Waals surface area contributed by atoms with Gasteiger partial charge in [0.1, 0.15) is 6.54 Å². The van der Waals surface area contributed by atoms with Crippen LogP contribution in [-0.2, 0) is 4.79 Å². The first-order valence-corrected chi connectivity index (χ1v) is 10.3. The molecule has 3 heterocycles. The lowest BCUT2D eigenvalue weighted by Gasteiger charge is -2.37. The molecule has 0 atom stereocenters. The smallest absolute Gasteiger partial charge is 0.242 e. The van der Waals surface area contributed by atoms with E-state index in [0.29, 0.717) is 18.5 Å². The van der Waals surface area contributed by atoms with Crippen LogP contribution in [0.15, 0.2) is 55.0 Å². The van der Waals surface area contributed by atoms with E-state index in [0.717, 1.165) is 42.9 Å². The second-order valence-electron chi connectivity index (χ2n) is 7.70. The largest absolute Gasteiger partial charge is 0.336 e. The number of aromatic nitrogens is 4. The topological polar surface area (TPSA) is 67.2 Å². The van der Waals surface area contributed by atoms with Crippen LogP contribution in [0, 0.1) is 0 Å². The standard InChI is InChI=1S/C22H24N6O/c29-21-16-26(12-13-27(21)18-6-4-5-7-18)22-23-11-10-20(25-22)17-14-24-28(15-17)19-8-2-1-3-9-19/h1-3,8-11,14-15,18H,4-7,12-13,16H2. The number of rotatable bonds is 4. The molecule has 1 aliphatic carbocycles. The number of para-hydroxylation sites is 1. The van der Waals surface area contributed by atoms with Crippen molar-refractivity contribution in [2.75, 3.05) is 24.5 Å². The van der Waals surface area contributed by atoms with Crippen LogP contribution < -0.4 is 4.90 Å². The molecule has 2 aliphatic rings. The highest BCUT2D eigenvalue weighted by atomic mass is 16.2. The minimum absolute atomic E-state index is 0.189. The Labute approximate surface area is 170 Å². The second-order valence-corrected chi connectivity index (χ2v) is 7.70. The molecule has 7 heteroatoms. The van der Waals surface area contributed by atoms with Gasteiger partial charge in [-0.25, -0.2) is 14.6 Å². The Bertz CT molecular complexity index is 995. The maximum absolute atomic E-state index is 12.7. The quantitative estimate of drug-likeness (QED) is 0.687. The number of hydrogen-bond donors (Lipinski definition) is 0. The molecule has 0 bridgehead atoms. The van der Waals surface area contributed by atoms with E-state index in [1.165, 1.54) is 12.8 Å². The van der Waals surface area contributed by atoms with Crippen molar-refractivity contribution in [2.24, 2.45) is 0 Å². The summed E-state index contributed by atoms with van der Waals surface area (Å²) in [5, 5.41) is 4.45. The van der Waals surface area contributed by atoms with Gasteiger partial charge in [-0.1, -0.05) is 31.0 Å². The van der Waals surface area contributed by atoms with Crippen LogP contribution in [0.5, 0.6) is 0 Å². The Morgan fingerprint density at radius 1 is 1.00 bits per heavy atom. The molecule has 29 heavy (non-hydrogen) atoms. The van der Waals surface area contributed by atoms with Crippen LogP contribution in [0.25, 0.3) is 16.9 Å². The molecule has 148 valence electrons. The predicted octanol–water partition coefficient (Wildman–Crippen LogP) is 2.92. The van der Waals surface area contributed by atoms with E-state index in [9.17, 15) is 4.79 Å². The van der Waals surface area contributed by atoms with Crippen molar-refractivity contribution in [2.45, 2.75) is 31.7 Å². The molecule has 1 aliphatic heterocycles. The zero-order valence-electron chi connectivity index (χ0n) is 16.3. The van der Waals surface area contributed by atoms with Crippen molar-refractivity contribution in [3.63, 3.8) is 0 Å². The first-order chi connectivity index (χ1) is 14.3. The van der Waals surface area contributed by atoms with E-state index in [2.05, 4.69) is 15.0 Å². The number of hydrogen-bond acceptors (Lipinski definition) is 5. The normalized spacial score (nSPS) is 17.9. The van der Waals surface area contributed by atoms with Crippen LogP contribution >= 0.6 is 0 Å². The average molecular weight is 388 g/mol. The second kappa shape index (κ2) is 7.66. The SMILES string of the molecule is O=C1CN(c2nccc(-c3cnn(-c4ccccc4)c3)n2)CCN1C1CCCC1. The van der Waals surface area contributed by atoms with Crippen LogP contribution in [0.2, 0.25) is 0 Å². The van der Waals surface area contributed by atoms with Crippen LogP contribution in [0.3, 0.4) is 0 Å². The van der Waals surface area contributed by atoms with E-state index >= 15 is 0 Å². The van der Waals surface area contributed by atoms with E-state index in [-0.39, 0.29) is 5.91 Å². The summed E-state index contributed by atoms with van der Waals surface area (Å²) < 4.78 is 1.83. The summed E-state index contributed by atoms with van der Waals surface area (Å²) in [5.74, 6) is 0.795. The zero-order chi connectivity index (χ0) is 19.6. The molecule has 1 amide bonds. The van der Waals surface area contributed by atoms with Crippen molar-refractivity contribution >= 4 is 11.9 Å². The molecular weight excluding hydrogens is 364 g/mol. The lowest BCUT2D eigenvalue weighted by molar-refractivity contribution is -0.133. The summed E-state index contributed by atoms with van der Waals surface area (Å²) in [6.07, 6.45) is 10.3. The van der Waals surface area contributed by atoms with Gasteiger partial charge >= 0.3 is 0 Å². The fraction of sp³-hybridized carbons (Fsp3) is 0.364. The first kappa shape index (κ1) is 17.8. The van der Waals surface area contributed by atoms with E-state index in [1.807, 2.05) is 58.4 Å². The van der Waals surface area contributed by atoms with Gasteiger partial charge in [0.15, 0.2) is 0 Å². The Hall–Kier alpha value is -3.22. The van der Waals surface area contributed by atoms with Gasteiger partial charge in [-0.05, 0) is 31.0 Å². The maximum atomic E-state index is 12.7. The van der Waals surface area contributed by atoms with Crippen LogP contribution in [0.4, 0.5) is 5.95 Å². The molecule has 3 aromatic rings. The summed E-state index contributed by atoms with van der Waals surface area (Å²) >= 11 is 0. The molecule has 0 unspecified atom stereocenters. The predicted molar refractivity (Wildman–Crippen MR) is 111 cm³/mol. The summed E-state index contributed by atoms with van der Waals surface area (Å²) in [6, 6.07) is 12.3. The number of anilines is 1. The van der Waals surface area contributed by atoms with Crippen molar-refractivity contribution in [1.29, 1.82) is 0 Å². The zero-order valence-corrected chi connectivity index (χ0v) is 16.3. The fourth-order valence-corrected chi connectivity index (χ4v) is 4.30. The van der Waals surface area contributed by atoms with Gasteiger partial charge in [-0.2, -0.15) is 5.10 Å². The molecule has 2 fully saturated rings. The summed E-state index contributed by atoms with van der Waals surface area (Å²) in [6.45, 7) is 1.88. The third kappa shape index (κ3) is 3.60. The lowest BCUT2D eigenvalue weighted by Crippen LogP contribution is -2.54. The Kier molecular flexibility index (Phi) is 4.71. The van der Waals surface area contributed by atoms with E-state index in [4.69, 9.17) is 4.98 Å². The van der Waals surface area contributed by atoms with Gasteiger partial charge < -0.3 is 9.80 Å². The van der Waals surface area contributed by atoms with Crippen molar-refractivity contribution < 1.29 is 4.79 Å². The van der Waals surface area contributed by atoms with Crippen LogP contribution in [-0.4, -0.2) is 56.2 Å². The van der Waals surface area contributed by atoms with Gasteiger partial charge in [-0.3, -0.25) is 4.79 Å². The molecule has 0 radical (unpaired) electrons. The molecular formula is C22H24N6O. The highest BCUT2D eigenvalue weighted by molar-refractivity contribution is 5.82. The number of benzene rings is 1. The van der Waals surface area contributed by atoms with Gasteiger partial charge in [-0.15, -0.1) is 0 Å². The molecule has 5 rings (SSSR count). The highest BCUT2D eigenvalue weighted by Crippen LogP contribution is 2.26. The molecule has 0 N–H and O–H groups in total. The number of amides is 1. The molecule has 7 nitrogen and oxygen atoms in total. The monoisotopic (exact) mass is 388 g/mol. The number of carbonyl (C=O) groups excluding carboxylic acids is 1. The number of piperazine rings is 1. The minimum atomic E-state index is 0.189. The van der Waals surface area contributed by atoms with Crippen molar-refractivity contribution in [3.8, 4) is 16.9 Å². The van der Waals surface area contributed by atoms with Crippen molar-refractivity contribution in [1.82, 2.24) is 24.6 Å². The molecule has 0 spiro atoms. The Morgan fingerprint density at radius 3 is 2.62 bits per heavy atom. The van der Waals surface area contributed by atoms with E-state index in [1.54, 1.807) is 6.20 Å². The summed E-state index contributed by atoms with van der Waals surface area (Å²) in [7, 11) is 0. The molecule has 1 aromatic carbocycles. The summed E-state index contributed by atoms with van der Waals surface area (Å²) in [4.78, 5) is 25.9. The molecule has 2 aromatic heterocycles. The van der Waals surface area contributed by atoms with Gasteiger partial charge in [0.2, 0.25) is 11.9 Å². The third-order valence-corrected chi connectivity index (χ3v) is 5.85. The Morgan fingerprint density at radius 2 is 1.83 bits per heavy atom.